The minimum absolute atomic E-state index is 0.123. The van der Waals surface area contributed by atoms with Crippen molar-refractivity contribution in [3.8, 4) is 11.4 Å². The zero-order valence-electron chi connectivity index (χ0n) is 13.9. The molecule has 5 nitrogen and oxygen atoms in total. The van der Waals surface area contributed by atoms with E-state index in [-0.39, 0.29) is 28.5 Å². The van der Waals surface area contributed by atoms with E-state index in [1.165, 1.54) is 23.9 Å². The van der Waals surface area contributed by atoms with Crippen LogP contribution in [0.25, 0.3) is 5.69 Å². The first-order chi connectivity index (χ1) is 12.5. The Labute approximate surface area is 153 Å². The molecule has 1 atom stereocenters. The Morgan fingerprint density at radius 1 is 1.27 bits per heavy atom. The van der Waals surface area contributed by atoms with E-state index in [1.54, 1.807) is 35.0 Å². The van der Waals surface area contributed by atoms with Crippen LogP contribution in [0.2, 0.25) is 0 Å². The number of fused-ring (bicyclic) bond motifs is 1. The lowest BCUT2D eigenvalue weighted by atomic mass is 10.0. The Morgan fingerprint density at radius 3 is 2.77 bits per heavy atom. The van der Waals surface area contributed by atoms with Crippen molar-refractivity contribution in [2.75, 3.05) is 11.1 Å². The van der Waals surface area contributed by atoms with Gasteiger partial charge in [0.15, 0.2) is 0 Å². The van der Waals surface area contributed by atoms with E-state index in [1.807, 2.05) is 13.0 Å². The van der Waals surface area contributed by atoms with Gasteiger partial charge in [-0.3, -0.25) is 4.79 Å². The lowest BCUT2D eigenvalue weighted by Gasteiger charge is -2.15. The number of halogens is 1. The van der Waals surface area contributed by atoms with Crippen LogP contribution in [-0.4, -0.2) is 26.5 Å². The maximum absolute atomic E-state index is 13.3. The van der Waals surface area contributed by atoms with E-state index in [2.05, 4.69) is 10.4 Å². The summed E-state index contributed by atoms with van der Waals surface area (Å²) in [5, 5.41) is 17.2. The maximum atomic E-state index is 13.3. The van der Waals surface area contributed by atoms with Crippen LogP contribution in [0.3, 0.4) is 0 Å². The Balaban J connectivity index is 1.89. The molecule has 0 spiro atoms. The van der Waals surface area contributed by atoms with E-state index in [9.17, 15) is 14.3 Å². The molecule has 0 bridgehead atoms. The molecule has 1 unspecified atom stereocenters. The van der Waals surface area contributed by atoms with E-state index in [0.717, 1.165) is 16.8 Å². The van der Waals surface area contributed by atoms with Gasteiger partial charge in [0, 0.05) is 5.56 Å². The number of hydrogen-bond acceptors (Lipinski definition) is 4. The van der Waals surface area contributed by atoms with Gasteiger partial charge >= 0.3 is 0 Å². The zero-order chi connectivity index (χ0) is 18.3. The number of nitrogens with one attached hydrogen (secondary N) is 1. The maximum Gasteiger partial charge on any atom is 0.235 e. The van der Waals surface area contributed by atoms with Crippen LogP contribution in [0, 0.1) is 12.7 Å². The molecule has 2 aromatic carbocycles. The van der Waals surface area contributed by atoms with Gasteiger partial charge in [-0.2, -0.15) is 5.10 Å². The van der Waals surface area contributed by atoms with E-state index in [0.29, 0.717) is 11.5 Å². The molecule has 1 aromatic heterocycles. The molecule has 0 radical (unpaired) electrons. The standard InChI is InChI=1S/C19H16FN3O2S/c1-11-17-18(12-3-2-4-15(24)9-12)26-10-16(25)21-19(17)23(22-11)14-7-5-13(20)6-8-14/h2-9,18,24H,10H2,1H3,(H,21,25). The molecule has 1 aliphatic rings. The highest BCUT2D eigenvalue weighted by Crippen LogP contribution is 2.44. The van der Waals surface area contributed by atoms with Crippen LogP contribution >= 0.6 is 11.8 Å². The molecule has 0 saturated heterocycles. The number of carbonyl (C=O) groups is 1. The normalized spacial score (nSPS) is 16.7. The molecule has 26 heavy (non-hydrogen) atoms. The van der Waals surface area contributed by atoms with Crippen molar-refractivity contribution in [3.63, 3.8) is 0 Å². The molecule has 2 N–H and O–H groups in total. The third kappa shape index (κ3) is 2.94. The zero-order valence-corrected chi connectivity index (χ0v) is 14.8. The summed E-state index contributed by atoms with van der Waals surface area (Å²) >= 11 is 1.49. The number of phenols is 1. The molecular formula is C19H16FN3O2S. The number of aromatic hydroxyl groups is 1. The van der Waals surface area contributed by atoms with Gasteiger partial charge < -0.3 is 10.4 Å². The molecule has 0 fully saturated rings. The molecule has 0 saturated carbocycles. The second-order valence-corrected chi connectivity index (χ2v) is 7.16. The number of aromatic nitrogens is 2. The Bertz CT molecular complexity index is 985. The highest BCUT2D eigenvalue weighted by atomic mass is 32.2. The van der Waals surface area contributed by atoms with Crippen LogP contribution < -0.4 is 5.32 Å². The third-order valence-electron chi connectivity index (χ3n) is 4.25. The monoisotopic (exact) mass is 369 g/mol. The second kappa shape index (κ2) is 6.49. The third-order valence-corrected chi connectivity index (χ3v) is 5.52. The first kappa shape index (κ1) is 16.7. The topological polar surface area (TPSA) is 67.1 Å². The smallest absolute Gasteiger partial charge is 0.235 e. The van der Waals surface area contributed by atoms with Crippen molar-refractivity contribution < 1.29 is 14.3 Å². The van der Waals surface area contributed by atoms with Crippen LogP contribution in [-0.2, 0) is 4.79 Å². The first-order valence-electron chi connectivity index (χ1n) is 8.09. The summed E-state index contributed by atoms with van der Waals surface area (Å²) in [6, 6.07) is 13.0. The number of anilines is 1. The van der Waals surface area contributed by atoms with E-state index in [4.69, 9.17) is 0 Å². The van der Waals surface area contributed by atoms with Crippen LogP contribution in [0.5, 0.6) is 5.75 Å². The summed E-state index contributed by atoms with van der Waals surface area (Å²) in [6.45, 7) is 1.88. The molecule has 4 rings (SSSR count). The average Bonchev–Trinajstić information content (AvgIpc) is 2.82. The number of amides is 1. The van der Waals surface area contributed by atoms with Crippen molar-refractivity contribution in [2.24, 2.45) is 0 Å². The highest BCUT2D eigenvalue weighted by Gasteiger charge is 2.30. The van der Waals surface area contributed by atoms with Crippen LogP contribution in [0.15, 0.2) is 48.5 Å². The largest absolute Gasteiger partial charge is 0.508 e. The summed E-state index contributed by atoms with van der Waals surface area (Å²) in [5.74, 6) is 0.593. The van der Waals surface area contributed by atoms with Gasteiger partial charge in [-0.15, -0.1) is 11.8 Å². The van der Waals surface area contributed by atoms with Crippen molar-refractivity contribution >= 4 is 23.5 Å². The van der Waals surface area contributed by atoms with Gasteiger partial charge in [0.2, 0.25) is 5.91 Å². The highest BCUT2D eigenvalue weighted by molar-refractivity contribution is 8.00. The number of carbonyl (C=O) groups excluding carboxylic acids is 1. The van der Waals surface area contributed by atoms with Gasteiger partial charge in [0.05, 0.1) is 22.4 Å². The van der Waals surface area contributed by atoms with Gasteiger partial charge in [0.1, 0.15) is 17.4 Å². The van der Waals surface area contributed by atoms with E-state index < -0.39 is 0 Å². The fourth-order valence-corrected chi connectivity index (χ4v) is 4.28. The van der Waals surface area contributed by atoms with Crippen molar-refractivity contribution in [1.29, 1.82) is 0 Å². The summed E-state index contributed by atoms with van der Waals surface area (Å²) in [4.78, 5) is 12.3. The summed E-state index contributed by atoms with van der Waals surface area (Å²) < 4.78 is 14.9. The molecule has 1 aliphatic heterocycles. The molecule has 132 valence electrons. The summed E-state index contributed by atoms with van der Waals surface area (Å²) in [5.41, 5.74) is 3.22. The molecule has 3 aromatic rings. The number of thioether (sulfide) groups is 1. The lowest BCUT2D eigenvalue weighted by molar-refractivity contribution is -0.113. The minimum Gasteiger partial charge on any atom is -0.508 e. The number of rotatable bonds is 2. The second-order valence-electron chi connectivity index (χ2n) is 6.07. The number of phenolic OH excluding ortho intramolecular Hbond substituents is 1. The van der Waals surface area contributed by atoms with Gasteiger partial charge in [0.25, 0.3) is 0 Å². The lowest BCUT2D eigenvalue weighted by Crippen LogP contribution is -2.15. The number of benzene rings is 2. The Hall–Kier alpha value is -2.80. The van der Waals surface area contributed by atoms with Gasteiger partial charge in [-0.25, -0.2) is 9.07 Å². The van der Waals surface area contributed by atoms with Crippen LogP contribution in [0.4, 0.5) is 10.2 Å². The predicted molar refractivity (Wildman–Crippen MR) is 99.3 cm³/mol. The van der Waals surface area contributed by atoms with Gasteiger partial charge in [-0.05, 0) is 48.9 Å². The quantitative estimate of drug-likeness (QED) is 0.721. The minimum atomic E-state index is -0.332. The van der Waals surface area contributed by atoms with Gasteiger partial charge in [-0.1, -0.05) is 12.1 Å². The number of nitrogens with zero attached hydrogens (tertiary/aromatic N) is 2. The fraction of sp³-hybridized carbons (Fsp3) is 0.158. The predicted octanol–water partition coefficient (Wildman–Crippen LogP) is 3.80. The number of hydrogen-bond donors (Lipinski definition) is 2. The number of aryl methyl sites for hydroxylation is 1. The molecule has 2 heterocycles. The summed E-state index contributed by atoms with van der Waals surface area (Å²) in [6.07, 6.45) is 0. The Morgan fingerprint density at radius 2 is 2.04 bits per heavy atom. The van der Waals surface area contributed by atoms with Crippen molar-refractivity contribution in [1.82, 2.24) is 9.78 Å². The first-order valence-corrected chi connectivity index (χ1v) is 9.13. The average molecular weight is 369 g/mol. The SMILES string of the molecule is Cc1nn(-c2ccc(F)cc2)c2c1C(c1cccc(O)c1)SCC(=O)N2. The molecule has 0 aliphatic carbocycles. The van der Waals surface area contributed by atoms with Crippen LogP contribution in [0.1, 0.15) is 22.1 Å². The summed E-state index contributed by atoms with van der Waals surface area (Å²) in [7, 11) is 0. The molecular weight excluding hydrogens is 353 g/mol. The van der Waals surface area contributed by atoms with E-state index >= 15 is 0 Å². The Kier molecular flexibility index (Phi) is 4.16. The molecule has 7 heteroatoms. The fourth-order valence-electron chi connectivity index (χ4n) is 3.10. The van der Waals surface area contributed by atoms with Crippen molar-refractivity contribution in [2.45, 2.75) is 12.2 Å². The molecule has 1 amide bonds. The van der Waals surface area contributed by atoms with Crippen molar-refractivity contribution in [3.05, 3.63) is 71.2 Å².